The molecule has 1 fully saturated rings. The van der Waals surface area contributed by atoms with Gasteiger partial charge in [0.15, 0.2) is 0 Å². The zero-order valence-corrected chi connectivity index (χ0v) is 6.76. The van der Waals surface area contributed by atoms with Gasteiger partial charge in [-0.1, -0.05) is 19.1 Å². The molecule has 1 nitrogen and oxygen atoms in total. The molecule has 0 radical (unpaired) electrons. The van der Waals surface area contributed by atoms with Crippen LogP contribution in [0.4, 0.5) is 0 Å². The second-order valence-corrected chi connectivity index (χ2v) is 2.94. The molecule has 0 amide bonds. The fourth-order valence-corrected chi connectivity index (χ4v) is 1.43. The van der Waals surface area contributed by atoms with Crippen molar-refractivity contribution in [3.05, 3.63) is 12.2 Å². The highest BCUT2D eigenvalue weighted by Crippen LogP contribution is 2.28. The number of hydrogen-bond donors (Lipinski definition) is 0. The summed E-state index contributed by atoms with van der Waals surface area (Å²) in [5, 5.41) is 0. The van der Waals surface area contributed by atoms with E-state index in [-0.39, 0.29) is 12.7 Å². The normalized spacial score (nSPS) is 41.4. The molecule has 1 heteroatoms. The highest BCUT2D eigenvalue weighted by molar-refractivity contribution is 5.01. The van der Waals surface area contributed by atoms with E-state index in [1.54, 1.807) is 0 Å². The van der Waals surface area contributed by atoms with Crippen LogP contribution in [0.15, 0.2) is 12.2 Å². The van der Waals surface area contributed by atoms with Gasteiger partial charge in [0.1, 0.15) is 0 Å². The average molecular weight is 142 g/mol. The summed E-state index contributed by atoms with van der Waals surface area (Å²) in [7, 11) is 0. The summed E-state index contributed by atoms with van der Waals surface area (Å²) in [6.45, 7) is 7.71. The number of hydrogen-bond acceptors (Lipinski definition) is 1. The summed E-state index contributed by atoms with van der Waals surface area (Å²) in [6.07, 6.45) is 2.07. The lowest BCUT2D eigenvalue weighted by atomic mass is 9.93. The summed E-state index contributed by atoms with van der Waals surface area (Å²) in [4.78, 5) is 0. The minimum absolute atomic E-state index is 0.245. The Morgan fingerprint density at radius 3 is 3.00 bits per heavy atom. The molecule has 0 aromatic heterocycles. The van der Waals surface area contributed by atoms with Crippen LogP contribution >= 0.6 is 0 Å². The van der Waals surface area contributed by atoms with E-state index in [2.05, 4.69) is 13.5 Å². The van der Waals surface area contributed by atoms with Crippen LogP contribution in [0.5, 0.6) is 0 Å². The Morgan fingerprint density at radius 2 is 2.60 bits per heavy atom. The maximum absolute atomic E-state index is 7.43. The molecule has 0 saturated carbocycles. The van der Waals surface area contributed by atoms with Crippen LogP contribution in [0, 0.1) is 5.92 Å². The first-order valence-electron chi connectivity index (χ1n) is 4.46. The molecule has 0 spiro atoms. The zero-order valence-electron chi connectivity index (χ0n) is 7.76. The van der Waals surface area contributed by atoms with E-state index >= 15 is 0 Å². The van der Waals surface area contributed by atoms with Crippen LogP contribution in [0.2, 0.25) is 0 Å². The van der Waals surface area contributed by atoms with Crippen LogP contribution in [0.1, 0.15) is 28.1 Å². The molecule has 3 atom stereocenters. The third-order valence-corrected chi connectivity index (χ3v) is 2.11. The minimum atomic E-state index is -0.318. The van der Waals surface area contributed by atoms with Crippen molar-refractivity contribution in [2.24, 2.45) is 5.92 Å². The summed E-state index contributed by atoms with van der Waals surface area (Å²) in [5.41, 5.74) is 1.16. The monoisotopic (exact) mass is 142 g/mol. The second kappa shape index (κ2) is 3.20. The standard InChI is InChI=1S/C9H16O/c1-4-9-8(7(2)3)5-6-10-9/h8-9H,2,4-6H2,1,3H3/t8?,9-/m1/s1/i6T/t6-,8?,9+/m0. The molecule has 58 valence electrons. The molecule has 0 aromatic rings. The molecule has 0 bridgehead atoms. The molecule has 1 saturated heterocycles. The second-order valence-electron chi connectivity index (χ2n) is 2.94. The van der Waals surface area contributed by atoms with Gasteiger partial charge in [-0.3, -0.25) is 0 Å². The molecule has 1 aliphatic heterocycles. The summed E-state index contributed by atoms with van der Waals surface area (Å²) in [5.74, 6) is 0.419. The van der Waals surface area contributed by atoms with Crippen molar-refractivity contribution in [3.8, 4) is 0 Å². The van der Waals surface area contributed by atoms with E-state index in [1.807, 2.05) is 6.92 Å². The first-order chi connectivity index (χ1) is 5.15. The highest BCUT2D eigenvalue weighted by atomic mass is 16.5. The fourth-order valence-electron chi connectivity index (χ4n) is 1.43. The van der Waals surface area contributed by atoms with E-state index in [4.69, 9.17) is 6.11 Å². The van der Waals surface area contributed by atoms with Crippen molar-refractivity contribution in [3.63, 3.8) is 0 Å². The molecule has 1 unspecified atom stereocenters. The van der Waals surface area contributed by atoms with Crippen LogP contribution < -0.4 is 0 Å². The topological polar surface area (TPSA) is 9.23 Å². The average Bonchev–Trinajstić information content (AvgIpc) is 2.30. The van der Waals surface area contributed by atoms with Gasteiger partial charge >= 0.3 is 0 Å². The number of ether oxygens (including phenoxy) is 1. The Balaban J connectivity index is 2.57. The molecule has 1 aliphatic rings. The molecule has 10 heavy (non-hydrogen) atoms. The van der Waals surface area contributed by atoms with Crippen molar-refractivity contribution in [1.82, 2.24) is 0 Å². The van der Waals surface area contributed by atoms with E-state index in [0.29, 0.717) is 5.92 Å². The van der Waals surface area contributed by atoms with Gasteiger partial charge in [0.25, 0.3) is 0 Å². The van der Waals surface area contributed by atoms with Crippen LogP contribution in [0.25, 0.3) is 0 Å². The third kappa shape index (κ3) is 1.40. The van der Waals surface area contributed by atoms with Gasteiger partial charge in [-0.25, -0.2) is 0 Å². The highest BCUT2D eigenvalue weighted by Gasteiger charge is 2.26. The SMILES string of the molecule is [3H][C@H]1CC(C(=C)C)[C@@H](CC)O1. The van der Waals surface area contributed by atoms with Gasteiger partial charge in [0, 0.05) is 12.5 Å². The lowest BCUT2D eigenvalue weighted by Crippen LogP contribution is -2.14. The van der Waals surface area contributed by atoms with Crippen molar-refractivity contribution in [1.29, 1.82) is 0 Å². The fraction of sp³-hybridized carbons (Fsp3) is 0.778. The Hall–Kier alpha value is -0.300. The van der Waals surface area contributed by atoms with Crippen molar-refractivity contribution < 1.29 is 6.11 Å². The summed E-state index contributed by atoms with van der Waals surface area (Å²) >= 11 is 0. The van der Waals surface area contributed by atoms with Gasteiger partial charge in [-0.2, -0.15) is 0 Å². The van der Waals surface area contributed by atoms with Gasteiger partial charge < -0.3 is 4.74 Å². The largest absolute Gasteiger partial charge is 0.378 e. The molecule has 0 aromatic carbocycles. The Labute approximate surface area is 64.5 Å². The molecule has 1 heterocycles. The number of rotatable bonds is 2. The molecular weight excluding hydrogens is 124 g/mol. The van der Waals surface area contributed by atoms with E-state index in [9.17, 15) is 0 Å². The molecule has 1 rings (SSSR count). The predicted molar refractivity (Wildman–Crippen MR) is 43.0 cm³/mol. The van der Waals surface area contributed by atoms with E-state index in [1.165, 1.54) is 0 Å². The van der Waals surface area contributed by atoms with Gasteiger partial charge in [0.05, 0.1) is 7.47 Å². The third-order valence-electron chi connectivity index (χ3n) is 2.11. The first kappa shape index (κ1) is 6.41. The quantitative estimate of drug-likeness (QED) is 0.538. The van der Waals surface area contributed by atoms with Crippen LogP contribution in [0.3, 0.4) is 0 Å². The van der Waals surface area contributed by atoms with Crippen molar-refractivity contribution in [2.45, 2.75) is 32.8 Å². The van der Waals surface area contributed by atoms with Gasteiger partial charge in [-0.15, -0.1) is 0 Å². The first-order valence-corrected chi connectivity index (χ1v) is 3.88. The summed E-state index contributed by atoms with van der Waals surface area (Å²) < 4.78 is 12.8. The zero-order chi connectivity index (χ0) is 8.43. The molecular formula is C9H16O. The maximum atomic E-state index is 7.43. The lowest BCUT2D eigenvalue weighted by Gasteiger charge is -2.15. The van der Waals surface area contributed by atoms with Crippen molar-refractivity contribution in [2.75, 3.05) is 6.58 Å². The Bertz CT molecular complexity index is 156. The lowest BCUT2D eigenvalue weighted by molar-refractivity contribution is 0.0942. The molecule has 0 N–H and O–H groups in total. The summed E-state index contributed by atoms with van der Waals surface area (Å²) in [6, 6.07) is 0. The van der Waals surface area contributed by atoms with E-state index in [0.717, 1.165) is 18.4 Å². The Morgan fingerprint density at radius 1 is 1.90 bits per heavy atom. The van der Waals surface area contributed by atoms with Gasteiger partial charge in [-0.05, 0) is 19.8 Å². The smallest absolute Gasteiger partial charge is 0.0638 e. The maximum Gasteiger partial charge on any atom is 0.0638 e. The Kier molecular flexibility index (Phi) is 2.05. The van der Waals surface area contributed by atoms with Crippen molar-refractivity contribution >= 4 is 0 Å². The van der Waals surface area contributed by atoms with Gasteiger partial charge in [0.2, 0.25) is 0 Å². The van der Waals surface area contributed by atoms with Crippen LogP contribution in [-0.4, -0.2) is 12.7 Å². The van der Waals surface area contributed by atoms with Crippen LogP contribution in [-0.2, 0) is 4.74 Å². The molecule has 0 aliphatic carbocycles. The van der Waals surface area contributed by atoms with E-state index < -0.39 is 0 Å². The predicted octanol–water partition coefficient (Wildman–Crippen LogP) is 2.38. The minimum Gasteiger partial charge on any atom is -0.378 e.